The highest BCUT2D eigenvalue weighted by Gasteiger charge is 2.15. The number of halogens is 1. The summed E-state index contributed by atoms with van der Waals surface area (Å²) in [5.41, 5.74) is 8.83. The van der Waals surface area contributed by atoms with Gasteiger partial charge in [-0.15, -0.1) is 22.6 Å². The third kappa shape index (κ3) is 3.85. The molecule has 3 heterocycles. The monoisotopic (exact) mass is 411 g/mol. The van der Waals surface area contributed by atoms with Crippen LogP contribution in [0.4, 0.5) is 5.69 Å². The quantitative estimate of drug-likeness (QED) is 0.488. The van der Waals surface area contributed by atoms with E-state index in [2.05, 4.69) is 58.9 Å². The predicted molar refractivity (Wildman–Crippen MR) is 118 cm³/mol. The van der Waals surface area contributed by atoms with Gasteiger partial charge in [0.05, 0.1) is 16.9 Å². The van der Waals surface area contributed by atoms with Crippen LogP contribution in [0.3, 0.4) is 0 Å². The lowest BCUT2D eigenvalue weighted by molar-refractivity contribution is 0.532. The fourth-order valence-corrected chi connectivity index (χ4v) is 3.56. The van der Waals surface area contributed by atoms with Gasteiger partial charge in [0, 0.05) is 25.4 Å². The molecule has 0 aliphatic heterocycles. The van der Waals surface area contributed by atoms with Gasteiger partial charge in [-0.3, -0.25) is 0 Å². The normalized spacial score (nSPS) is 10.9. The minimum absolute atomic E-state index is 0. The lowest BCUT2D eigenvalue weighted by atomic mass is 10.00. The number of anilines is 1. The summed E-state index contributed by atoms with van der Waals surface area (Å²) >= 11 is 0. The average molecular weight is 412 g/mol. The highest BCUT2D eigenvalue weighted by atomic mass is 35.5. The molecular weight excluding hydrogens is 386 g/mol. The molecule has 0 aliphatic carbocycles. The number of benzene rings is 1. The van der Waals surface area contributed by atoms with Crippen molar-refractivity contribution in [1.82, 2.24) is 19.6 Å². The molecule has 0 spiro atoms. The van der Waals surface area contributed by atoms with E-state index < -0.39 is 0 Å². The number of nitrogens with one attached hydrogen (secondary N) is 1. The molecular formula is C22H26ClN5O. The second-order valence-corrected chi connectivity index (χ2v) is 7.16. The zero-order valence-corrected chi connectivity index (χ0v) is 18.2. The van der Waals surface area contributed by atoms with E-state index in [0.29, 0.717) is 11.8 Å². The van der Waals surface area contributed by atoms with E-state index in [1.54, 1.807) is 6.92 Å². The van der Waals surface area contributed by atoms with Crippen LogP contribution in [-0.2, 0) is 13.0 Å². The molecule has 0 unspecified atom stereocenters. The van der Waals surface area contributed by atoms with Crippen LogP contribution in [0, 0.1) is 27.7 Å². The zero-order chi connectivity index (χ0) is 19.8. The van der Waals surface area contributed by atoms with E-state index in [1.165, 1.54) is 16.7 Å². The van der Waals surface area contributed by atoms with Gasteiger partial charge in [0.25, 0.3) is 0 Å². The van der Waals surface area contributed by atoms with E-state index in [1.807, 2.05) is 19.2 Å². The van der Waals surface area contributed by atoms with Crippen molar-refractivity contribution in [3.05, 3.63) is 64.4 Å². The number of imidazole rings is 1. The highest BCUT2D eigenvalue weighted by Crippen LogP contribution is 2.28. The molecule has 0 saturated carbocycles. The Morgan fingerprint density at radius 1 is 1.10 bits per heavy atom. The number of nitrogens with zero attached hydrogens (tertiary/aromatic N) is 4. The summed E-state index contributed by atoms with van der Waals surface area (Å²) in [7, 11) is 0. The standard InChI is InChI=1S/C22H25N5O.ClH/c1-6-17-9-7-8-13(2)19(17)11-23-20-10-18(22-26-25-16(5)28-22)12-27-15(4)14(3)24-21(20)27;/h7-10,12,23H,6,11H2,1-5H3;1H. The third-order valence-electron chi connectivity index (χ3n) is 5.31. The summed E-state index contributed by atoms with van der Waals surface area (Å²) in [6.45, 7) is 11.0. The molecule has 6 nitrogen and oxygen atoms in total. The molecule has 3 aromatic heterocycles. The maximum Gasteiger partial charge on any atom is 0.249 e. The Morgan fingerprint density at radius 2 is 1.90 bits per heavy atom. The van der Waals surface area contributed by atoms with Crippen molar-refractivity contribution in [2.75, 3.05) is 5.32 Å². The maximum absolute atomic E-state index is 5.65. The fraction of sp³-hybridized carbons (Fsp3) is 0.318. The van der Waals surface area contributed by atoms with E-state index in [9.17, 15) is 0 Å². The first-order chi connectivity index (χ1) is 13.5. The van der Waals surface area contributed by atoms with Gasteiger partial charge in [-0.1, -0.05) is 25.1 Å². The first-order valence-electron chi connectivity index (χ1n) is 9.59. The lowest BCUT2D eigenvalue weighted by Crippen LogP contribution is -2.06. The SMILES string of the molecule is CCc1cccc(C)c1CNc1cc(-c2nnc(C)o2)cn2c(C)c(C)nc12.Cl. The van der Waals surface area contributed by atoms with Crippen molar-refractivity contribution in [2.24, 2.45) is 0 Å². The molecule has 0 atom stereocenters. The number of pyridine rings is 1. The van der Waals surface area contributed by atoms with Gasteiger partial charge in [0.1, 0.15) is 0 Å². The van der Waals surface area contributed by atoms with Gasteiger partial charge >= 0.3 is 0 Å². The lowest BCUT2D eigenvalue weighted by Gasteiger charge is -2.14. The first-order valence-corrected chi connectivity index (χ1v) is 9.59. The molecule has 1 N–H and O–H groups in total. The number of aromatic nitrogens is 4. The van der Waals surface area contributed by atoms with Crippen LogP contribution in [0.25, 0.3) is 17.1 Å². The van der Waals surface area contributed by atoms with Crippen LogP contribution in [0.1, 0.15) is 40.9 Å². The minimum Gasteiger partial charge on any atom is -0.421 e. The topological polar surface area (TPSA) is 68.2 Å². The first kappa shape index (κ1) is 20.9. The molecule has 4 rings (SSSR count). The Morgan fingerprint density at radius 3 is 2.59 bits per heavy atom. The highest BCUT2D eigenvalue weighted by molar-refractivity contribution is 5.85. The zero-order valence-electron chi connectivity index (χ0n) is 17.4. The van der Waals surface area contributed by atoms with Gasteiger partial charge < -0.3 is 14.1 Å². The molecule has 0 saturated heterocycles. The number of fused-ring (bicyclic) bond motifs is 1. The molecule has 0 amide bonds. The number of aryl methyl sites for hydroxylation is 5. The van der Waals surface area contributed by atoms with Crippen molar-refractivity contribution in [2.45, 2.75) is 47.6 Å². The van der Waals surface area contributed by atoms with E-state index in [0.717, 1.165) is 41.3 Å². The summed E-state index contributed by atoms with van der Waals surface area (Å²) in [6.07, 6.45) is 3.02. The largest absolute Gasteiger partial charge is 0.421 e. The molecule has 0 bridgehead atoms. The van der Waals surface area contributed by atoms with Gasteiger partial charge in [0.15, 0.2) is 5.65 Å². The van der Waals surface area contributed by atoms with Gasteiger partial charge in [-0.25, -0.2) is 4.98 Å². The fourth-order valence-electron chi connectivity index (χ4n) is 3.56. The number of rotatable bonds is 5. The van der Waals surface area contributed by atoms with Crippen LogP contribution in [0.5, 0.6) is 0 Å². The van der Waals surface area contributed by atoms with Crippen molar-refractivity contribution in [3.63, 3.8) is 0 Å². The molecule has 29 heavy (non-hydrogen) atoms. The molecule has 0 fully saturated rings. The summed E-state index contributed by atoms with van der Waals surface area (Å²) in [4.78, 5) is 4.76. The van der Waals surface area contributed by atoms with Crippen molar-refractivity contribution in [1.29, 1.82) is 0 Å². The Bertz CT molecular complexity index is 1160. The predicted octanol–water partition coefficient (Wildman–Crippen LogP) is 5.21. The van der Waals surface area contributed by atoms with Crippen molar-refractivity contribution in [3.8, 4) is 11.5 Å². The van der Waals surface area contributed by atoms with E-state index in [-0.39, 0.29) is 12.4 Å². The van der Waals surface area contributed by atoms with Gasteiger partial charge in [-0.2, -0.15) is 0 Å². The van der Waals surface area contributed by atoms with E-state index in [4.69, 9.17) is 9.40 Å². The Hall–Kier alpha value is -2.86. The average Bonchev–Trinajstić information content (AvgIpc) is 3.24. The summed E-state index contributed by atoms with van der Waals surface area (Å²) in [5, 5.41) is 11.8. The van der Waals surface area contributed by atoms with Gasteiger partial charge in [0.2, 0.25) is 11.8 Å². The molecule has 152 valence electrons. The Labute approximate surface area is 176 Å². The minimum atomic E-state index is 0. The maximum atomic E-state index is 5.65. The smallest absolute Gasteiger partial charge is 0.249 e. The van der Waals surface area contributed by atoms with Crippen molar-refractivity contribution >= 4 is 23.7 Å². The molecule has 7 heteroatoms. The molecule has 1 aromatic carbocycles. The summed E-state index contributed by atoms with van der Waals surface area (Å²) in [6, 6.07) is 8.52. The van der Waals surface area contributed by atoms with Crippen LogP contribution in [-0.4, -0.2) is 19.6 Å². The van der Waals surface area contributed by atoms with Crippen LogP contribution < -0.4 is 5.32 Å². The van der Waals surface area contributed by atoms with E-state index >= 15 is 0 Å². The molecule has 0 aliphatic rings. The molecule has 4 aromatic rings. The second kappa shape index (κ2) is 8.25. The van der Waals surface area contributed by atoms with Crippen LogP contribution in [0.15, 0.2) is 34.9 Å². The molecule has 0 radical (unpaired) electrons. The summed E-state index contributed by atoms with van der Waals surface area (Å²) < 4.78 is 7.74. The second-order valence-electron chi connectivity index (χ2n) is 7.16. The van der Waals surface area contributed by atoms with Crippen molar-refractivity contribution < 1.29 is 4.42 Å². The van der Waals surface area contributed by atoms with Crippen LogP contribution in [0.2, 0.25) is 0 Å². The summed E-state index contributed by atoms with van der Waals surface area (Å²) in [5.74, 6) is 1.06. The van der Waals surface area contributed by atoms with Crippen LogP contribution >= 0.6 is 12.4 Å². The number of hydrogen-bond donors (Lipinski definition) is 1. The Balaban J connectivity index is 0.00000240. The third-order valence-corrected chi connectivity index (χ3v) is 5.31. The Kier molecular flexibility index (Phi) is 5.94. The van der Waals surface area contributed by atoms with Gasteiger partial charge in [-0.05, 0) is 49.9 Å². The number of hydrogen-bond acceptors (Lipinski definition) is 5.